The molecular formula is C13H7Cl2NO5. The molecule has 2 aromatic rings. The van der Waals surface area contributed by atoms with Crippen LogP contribution < -0.4 is 4.74 Å². The van der Waals surface area contributed by atoms with Gasteiger partial charge in [-0.1, -0.05) is 29.3 Å². The van der Waals surface area contributed by atoms with Crippen molar-refractivity contribution in [3.63, 3.8) is 0 Å². The summed E-state index contributed by atoms with van der Waals surface area (Å²) >= 11 is 11.8. The molecule has 0 bridgehead atoms. The number of halogens is 2. The third-order valence-corrected chi connectivity index (χ3v) is 3.13. The molecule has 1 N–H and O–H groups in total. The van der Waals surface area contributed by atoms with Gasteiger partial charge in [0.05, 0.1) is 15.0 Å². The van der Waals surface area contributed by atoms with Crippen molar-refractivity contribution in [2.24, 2.45) is 0 Å². The van der Waals surface area contributed by atoms with Gasteiger partial charge in [0, 0.05) is 12.1 Å². The first-order chi connectivity index (χ1) is 9.90. The van der Waals surface area contributed by atoms with Crippen molar-refractivity contribution in [3.05, 3.63) is 62.1 Å². The first kappa shape index (κ1) is 15.1. The van der Waals surface area contributed by atoms with Crippen LogP contribution in [0, 0.1) is 10.1 Å². The lowest BCUT2D eigenvalue weighted by atomic mass is 10.2. The van der Waals surface area contributed by atoms with E-state index in [1.807, 2.05) is 0 Å². The van der Waals surface area contributed by atoms with E-state index in [4.69, 9.17) is 33.0 Å². The summed E-state index contributed by atoms with van der Waals surface area (Å²) in [6.07, 6.45) is 0. The first-order valence-corrected chi connectivity index (χ1v) is 6.29. The summed E-state index contributed by atoms with van der Waals surface area (Å²) in [7, 11) is 0. The van der Waals surface area contributed by atoms with Gasteiger partial charge < -0.3 is 9.84 Å². The van der Waals surface area contributed by atoms with Crippen LogP contribution in [0.3, 0.4) is 0 Å². The van der Waals surface area contributed by atoms with Crippen molar-refractivity contribution in [3.8, 4) is 11.5 Å². The highest BCUT2D eigenvalue weighted by Gasteiger charge is 2.18. The number of nitro groups is 1. The average Bonchev–Trinajstić information content (AvgIpc) is 2.42. The number of non-ortho nitro benzene ring substituents is 1. The highest BCUT2D eigenvalue weighted by molar-refractivity contribution is 6.33. The zero-order valence-electron chi connectivity index (χ0n) is 10.2. The molecule has 0 fully saturated rings. The number of hydrogen-bond donors (Lipinski definition) is 1. The Labute approximate surface area is 128 Å². The van der Waals surface area contributed by atoms with E-state index in [1.165, 1.54) is 30.3 Å². The van der Waals surface area contributed by atoms with Crippen LogP contribution in [0.15, 0.2) is 36.4 Å². The minimum absolute atomic E-state index is 0.0274. The number of aromatic carboxylic acids is 1. The lowest BCUT2D eigenvalue weighted by molar-refractivity contribution is -0.384. The summed E-state index contributed by atoms with van der Waals surface area (Å²) in [6, 6.07) is 7.82. The fraction of sp³-hybridized carbons (Fsp3) is 0. The molecule has 0 heterocycles. The minimum Gasteiger partial charge on any atom is -0.478 e. The topological polar surface area (TPSA) is 89.7 Å². The summed E-state index contributed by atoms with van der Waals surface area (Å²) < 4.78 is 5.40. The predicted molar refractivity (Wildman–Crippen MR) is 76.6 cm³/mol. The van der Waals surface area contributed by atoms with Gasteiger partial charge in [0.2, 0.25) is 0 Å². The number of carboxylic acids is 1. The van der Waals surface area contributed by atoms with Crippen LogP contribution in [0.1, 0.15) is 10.4 Å². The van der Waals surface area contributed by atoms with Gasteiger partial charge >= 0.3 is 5.97 Å². The summed E-state index contributed by atoms with van der Waals surface area (Å²) in [5.41, 5.74) is -0.345. The molecule has 0 radical (unpaired) electrons. The summed E-state index contributed by atoms with van der Waals surface area (Å²) in [6.45, 7) is 0. The first-order valence-electron chi connectivity index (χ1n) is 5.53. The number of ether oxygens (including phenoxy) is 1. The van der Waals surface area contributed by atoms with Crippen LogP contribution in [-0.4, -0.2) is 16.0 Å². The number of nitrogens with zero attached hydrogens (tertiary/aromatic N) is 1. The molecule has 108 valence electrons. The van der Waals surface area contributed by atoms with E-state index in [0.29, 0.717) is 0 Å². The number of carboxylic acid groups (broad SMARTS) is 1. The summed E-state index contributed by atoms with van der Waals surface area (Å²) in [5, 5.41) is 19.8. The Morgan fingerprint density at radius 1 is 1.19 bits per heavy atom. The third-order valence-electron chi connectivity index (χ3n) is 2.54. The average molecular weight is 328 g/mol. The molecule has 0 spiro atoms. The van der Waals surface area contributed by atoms with E-state index in [2.05, 4.69) is 0 Å². The second-order valence-corrected chi connectivity index (χ2v) is 4.71. The third kappa shape index (κ3) is 3.24. The van der Waals surface area contributed by atoms with Gasteiger partial charge in [-0.25, -0.2) is 4.79 Å². The van der Waals surface area contributed by atoms with E-state index in [1.54, 1.807) is 0 Å². The molecule has 0 aromatic heterocycles. The SMILES string of the molecule is O=C(O)c1cccc(Cl)c1Oc1ccc([N+](=O)[O-])cc1Cl. The van der Waals surface area contributed by atoms with Gasteiger partial charge in [-0.15, -0.1) is 0 Å². The molecule has 0 saturated carbocycles. The number of para-hydroxylation sites is 1. The molecule has 2 aromatic carbocycles. The second kappa shape index (κ2) is 5.99. The zero-order chi connectivity index (χ0) is 15.6. The van der Waals surface area contributed by atoms with Crippen LogP contribution in [0.25, 0.3) is 0 Å². The van der Waals surface area contributed by atoms with Crippen LogP contribution in [0.5, 0.6) is 11.5 Å². The molecule has 21 heavy (non-hydrogen) atoms. The molecule has 0 aliphatic heterocycles. The van der Waals surface area contributed by atoms with Crippen molar-refractivity contribution in [2.45, 2.75) is 0 Å². The van der Waals surface area contributed by atoms with E-state index in [0.717, 1.165) is 6.07 Å². The predicted octanol–water partition coefficient (Wildman–Crippen LogP) is 4.39. The fourth-order valence-corrected chi connectivity index (χ4v) is 2.00. The fourth-order valence-electron chi connectivity index (χ4n) is 1.58. The van der Waals surface area contributed by atoms with Crippen molar-refractivity contribution in [1.29, 1.82) is 0 Å². The summed E-state index contributed by atoms with van der Waals surface area (Å²) in [5.74, 6) is -1.23. The van der Waals surface area contributed by atoms with Gasteiger partial charge in [0.25, 0.3) is 5.69 Å². The van der Waals surface area contributed by atoms with E-state index >= 15 is 0 Å². The van der Waals surface area contributed by atoms with Gasteiger partial charge in [0.1, 0.15) is 11.3 Å². The normalized spacial score (nSPS) is 10.2. The highest BCUT2D eigenvalue weighted by atomic mass is 35.5. The smallest absolute Gasteiger partial charge is 0.339 e. The van der Waals surface area contributed by atoms with Gasteiger partial charge in [-0.05, 0) is 18.2 Å². The number of carbonyl (C=O) groups is 1. The molecule has 0 atom stereocenters. The Balaban J connectivity index is 2.44. The van der Waals surface area contributed by atoms with Crippen LogP contribution in [-0.2, 0) is 0 Å². The van der Waals surface area contributed by atoms with Gasteiger partial charge in [-0.3, -0.25) is 10.1 Å². The number of hydrogen-bond acceptors (Lipinski definition) is 4. The standard InChI is InChI=1S/C13H7Cl2NO5/c14-9-3-1-2-8(13(17)18)12(9)21-11-5-4-7(16(19)20)6-10(11)15/h1-6H,(H,17,18). The van der Waals surface area contributed by atoms with E-state index < -0.39 is 10.9 Å². The Kier molecular flexibility index (Phi) is 4.30. The molecule has 8 heteroatoms. The molecule has 0 unspecified atom stereocenters. The molecule has 6 nitrogen and oxygen atoms in total. The van der Waals surface area contributed by atoms with Crippen molar-refractivity contribution >= 4 is 34.9 Å². The lowest BCUT2D eigenvalue weighted by Crippen LogP contribution is -2.00. The number of nitro benzene ring substituents is 1. The molecule has 0 amide bonds. The molecule has 2 rings (SSSR count). The largest absolute Gasteiger partial charge is 0.478 e. The Morgan fingerprint density at radius 2 is 1.90 bits per heavy atom. The zero-order valence-corrected chi connectivity index (χ0v) is 11.8. The number of benzene rings is 2. The molecular weight excluding hydrogens is 321 g/mol. The van der Waals surface area contributed by atoms with Crippen LogP contribution >= 0.6 is 23.2 Å². The van der Waals surface area contributed by atoms with E-state index in [-0.39, 0.29) is 32.8 Å². The minimum atomic E-state index is -1.22. The lowest BCUT2D eigenvalue weighted by Gasteiger charge is -2.11. The Bertz CT molecular complexity index is 732. The summed E-state index contributed by atoms with van der Waals surface area (Å²) in [4.78, 5) is 21.2. The highest BCUT2D eigenvalue weighted by Crippen LogP contribution is 2.37. The number of rotatable bonds is 4. The van der Waals surface area contributed by atoms with Crippen molar-refractivity contribution < 1.29 is 19.6 Å². The van der Waals surface area contributed by atoms with Crippen molar-refractivity contribution in [2.75, 3.05) is 0 Å². The second-order valence-electron chi connectivity index (χ2n) is 3.90. The molecule has 0 aliphatic carbocycles. The monoisotopic (exact) mass is 327 g/mol. The molecule has 0 aliphatic rings. The van der Waals surface area contributed by atoms with Gasteiger partial charge in [0.15, 0.2) is 5.75 Å². The van der Waals surface area contributed by atoms with Crippen LogP contribution in [0.4, 0.5) is 5.69 Å². The quantitative estimate of drug-likeness (QED) is 0.664. The maximum atomic E-state index is 11.1. The Hall–Kier alpha value is -2.31. The van der Waals surface area contributed by atoms with Gasteiger partial charge in [-0.2, -0.15) is 0 Å². The van der Waals surface area contributed by atoms with E-state index in [9.17, 15) is 14.9 Å². The maximum absolute atomic E-state index is 11.1. The Morgan fingerprint density at radius 3 is 2.48 bits per heavy atom. The van der Waals surface area contributed by atoms with Crippen LogP contribution in [0.2, 0.25) is 10.0 Å². The molecule has 0 saturated heterocycles. The van der Waals surface area contributed by atoms with Crippen molar-refractivity contribution in [1.82, 2.24) is 0 Å². The maximum Gasteiger partial charge on any atom is 0.339 e.